The third-order valence-corrected chi connectivity index (χ3v) is 7.65. The van der Waals surface area contributed by atoms with E-state index in [1.807, 2.05) is 72.5 Å². The Hall–Kier alpha value is -4.87. The van der Waals surface area contributed by atoms with Gasteiger partial charge in [0.1, 0.15) is 17.3 Å². The molecule has 3 aromatic heterocycles. The van der Waals surface area contributed by atoms with Crippen molar-refractivity contribution in [1.29, 1.82) is 0 Å². The number of ether oxygens (including phenoxy) is 3. The minimum atomic E-state index is 0. The Morgan fingerprint density at radius 1 is 0.822 bits per heavy atom. The summed E-state index contributed by atoms with van der Waals surface area (Å²) in [7, 11) is 1.65. The van der Waals surface area contributed by atoms with Crippen molar-refractivity contribution in [3.63, 3.8) is 0 Å². The molecule has 45 heavy (non-hydrogen) atoms. The second kappa shape index (κ2) is 12.6. The van der Waals surface area contributed by atoms with Crippen molar-refractivity contribution in [1.82, 2.24) is 19.3 Å². The summed E-state index contributed by atoms with van der Waals surface area (Å²) >= 11 is 0. The Balaban J connectivity index is 0.00000357. The molecule has 8 heteroatoms. The number of fused-ring (bicyclic) bond motifs is 3. The molecule has 0 aliphatic rings. The summed E-state index contributed by atoms with van der Waals surface area (Å²) < 4.78 is 21.4. The summed E-state index contributed by atoms with van der Waals surface area (Å²) in [6.45, 7) is 6.83. The van der Waals surface area contributed by atoms with Crippen LogP contribution < -0.4 is 14.2 Å². The zero-order chi connectivity index (χ0) is 30.2. The number of nitrogens with zero attached hydrogens (tertiary/aromatic N) is 4. The summed E-state index contributed by atoms with van der Waals surface area (Å²) in [5.41, 5.74) is 7.11. The van der Waals surface area contributed by atoms with Gasteiger partial charge in [-0.1, -0.05) is 23.7 Å². The summed E-state index contributed by atoms with van der Waals surface area (Å²) in [5, 5.41) is 6.81. The molecule has 7 rings (SSSR count). The minimum absolute atomic E-state index is 0. The van der Waals surface area contributed by atoms with Crippen LogP contribution in [0.3, 0.4) is 0 Å². The van der Waals surface area contributed by atoms with Crippen LogP contribution in [0.1, 0.15) is 18.1 Å². The molecule has 7 nitrogen and oxygen atoms in total. The van der Waals surface area contributed by atoms with E-state index in [1.54, 1.807) is 13.3 Å². The number of para-hydroxylation sites is 1. The van der Waals surface area contributed by atoms with E-state index < -0.39 is 0 Å². The summed E-state index contributed by atoms with van der Waals surface area (Å²) in [5.74, 6) is 3.48. The third-order valence-electron chi connectivity index (χ3n) is 7.65. The van der Waals surface area contributed by atoms with Crippen molar-refractivity contribution >= 4 is 21.8 Å². The van der Waals surface area contributed by atoms with Crippen LogP contribution in [0.5, 0.6) is 23.0 Å². The maximum absolute atomic E-state index is 6.32. The summed E-state index contributed by atoms with van der Waals surface area (Å²) in [4.78, 5) is 4.64. The number of benzene rings is 4. The smallest absolute Gasteiger partial charge is 0.509 e. The molecule has 0 radical (unpaired) electrons. The predicted octanol–water partition coefficient (Wildman–Crippen LogP) is 8.45. The average Bonchev–Trinajstić information content (AvgIpc) is 3.64. The van der Waals surface area contributed by atoms with E-state index in [2.05, 4.69) is 71.0 Å². The first-order valence-corrected chi connectivity index (χ1v) is 14.5. The number of methoxy groups -OCH3 is 1. The van der Waals surface area contributed by atoms with Crippen molar-refractivity contribution in [3.8, 4) is 45.6 Å². The largest absolute Gasteiger partial charge is 2.00 e. The monoisotopic (exact) mass is 773 g/mol. The van der Waals surface area contributed by atoms with E-state index in [1.165, 1.54) is 0 Å². The van der Waals surface area contributed by atoms with Gasteiger partial charge in [0.25, 0.3) is 0 Å². The van der Waals surface area contributed by atoms with Crippen LogP contribution in [0.2, 0.25) is 0 Å². The molecule has 0 saturated carbocycles. The molecule has 0 fully saturated rings. The minimum Gasteiger partial charge on any atom is -0.509 e. The van der Waals surface area contributed by atoms with Crippen LogP contribution in [0.15, 0.2) is 97.5 Å². The van der Waals surface area contributed by atoms with Gasteiger partial charge in [0.05, 0.1) is 19.9 Å². The first-order chi connectivity index (χ1) is 21.5. The number of rotatable bonds is 8. The van der Waals surface area contributed by atoms with Gasteiger partial charge in [-0.15, -0.1) is 35.7 Å². The van der Waals surface area contributed by atoms with E-state index in [-0.39, 0.29) is 21.1 Å². The van der Waals surface area contributed by atoms with Crippen LogP contribution in [0.4, 0.5) is 0 Å². The molecule has 0 atom stereocenters. The van der Waals surface area contributed by atoms with Crippen molar-refractivity contribution in [3.05, 3.63) is 121 Å². The first-order valence-electron chi connectivity index (χ1n) is 14.5. The second-order valence-electron chi connectivity index (χ2n) is 10.5. The Morgan fingerprint density at radius 3 is 2.42 bits per heavy atom. The fourth-order valence-corrected chi connectivity index (χ4v) is 5.78. The van der Waals surface area contributed by atoms with Crippen LogP contribution in [0, 0.1) is 26.0 Å². The van der Waals surface area contributed by atoms with Crippen LogP contribution in [-0.4, -0.2) is 33.0 Å². The van der Waals surface area contributed by atoms with Gasteiger partial charge in [-0.05, 0) is 72.8 Å². The average molecular weight is 774 g/mol. The molecule has 226 valence electrons. The molecule has 7 aromatic rings. The number of hydrogen-bond acceptors (Lipinski definition) is 5. The fraction of sp³-hybridized carbons (Fsp3) is 0.135. The molecule has 0 amide bonds. The molecular weight excluding hydrogens is 744 g/mol. The van der Waals surface area contributed by atoms with Crippen LogP contribution >= 0.6 is 0 Å². The molecular formula is C37H30N4O3Pt. The topological polar surface area (TPSA) is 63.3 Å². The van der Waals surface area contributed by atoms with Crippen molar-refractivity contribution in [2.24, 2.45) is 0 Å². The first kappa shape index (κ1) is 30.2. The van der Waals surface area contributed by atoms with E-state index in [9.17, 15) is 0 Å². The molecule has 0 aliphatic carbocycles. The second-order valence-corrected chi connectivity index (χ2v) is 10.5. The van der Waals surface area contributed by atoms with Crippen molar-refractivity contribution < 1.29 is 35.3 Å². The molecule has 0 saturated heterocycles. The Labute approximate surface area is 276 Å². The van der Waals surface area contributed by atoms with Crippen molar-refractivity contribution in [2.45, 2.75) is 20.8 Å². The molecule has 0 spiro atoms. The zero-order valence-electron chi connectivity index (χ0n) is 25.3. The van der Waals surface area contributed by atoms with E-state index in [0.29, 0.717) is 18.1 Å². The maximum Gasteiger partial charge on any atom is 2.00 e. The van der Waals surface area contributed by atoms with Crippen LogP contribution in [0.25, 0.3) is 44.4 Å². The molecule has 0 unspecified atom stereocenters. The molecule has 0 bridgehead atoms. The van der Waals surface area contributed by atoms with Crippen LogP contribution in [-0.2, 0) is 21.1 Å². The summed E-state index contributed by atoms with van der Waals surface area (Å²) in [6, 6.07) is 32.8. The Morgan fingerprint density at radius 2 is 1.62 bits per heavy atom. The zero-order valence-corrected chi connectivity index (χ0v) is 27.5. The van der Waals surface area contributed by atoms with E-state index >= 15 is 0 Å². The number of aromatic nitrogens is 4. The van der Waals surface area contributed by atoms with E-state index in [0.717, 1.165) is 67.1 Å². The van der Waals surface area contributed by atoms with Crippen molar-refractivity contribution in [2.75, 3.05) is 13.7 Å². The van der Waals surface area contributed by atoms with Gasteiger partial charge in [0.2, 0.25) is 0 Å². The molecule has 4 aromatic carbocycles. The molecule has 0 aliphatic heterocycles. The standard InChI is InChI=1S/C37H30N4O3.Pt/c1-5-43-31-17-24(2)37(25(3)18-31)26-22-39-40(23-26)27-9-8-10-29(19-27)44-30-13-14-33-32-11-6-7-12-34(32)41(35(33)20-30)36-21-28(42-4)15-16-38-36;/h6-18,21-23H,5H2,1-4H3;/q-2;+2. The van der Waals surface area contributed by atoms with Gasteiger partial charge in [0, 0.05) is 41.0 Å². The predicted molar refractivity (Wildman–Crippen MR) is 173 cm³/mol. The van der Waals surface area contributed by atoms with Gasteiger partial charge in [-0.25, -0.2) is 4.98 Å². The van der Waals surface area contributed by atoms with Gasteiger partial charge in [0.15, 0.2) is 0 Å². The van der Waals surface area contributed by atoms with Gasteiger partial charge in [-0.3, -0.25) is 4.68 Å². The fourth-order valence-electron chi connectivity index (χ4n) is 5.78. The normalized spacial score (nSPS) is 11.0. The van der Waals surface area contributed by atoms with Gasteiger partial charge < -0.3 is 18.8 Å². The number of pyridine rings is 1. The number of hydrogen-bond donors (Lipinski definition) is 0. The van der Waals surface area contributed by atoms with Gasteiger partial charge in [-0.2, -0.15) is 17.2 Å². The number of aryl methyl sites for hydroxylation is 2. The summed E-state index contributed by atoms with van der Waals surface area (Å²) in [6.07, 6.45) is 5.64. The Bertz CT molecular complexity index is 2130. The molecule has 0 N–H and O–H groups in total. The maximum atomic E-state index is 6.32. The quantitative estimate of drug-likeness (QED) is 0.145. The molecule has 3 heterocycles. The Kier molecular flexibility index (Phi) is 8.46. The van der Waals surface area contributed by atoms with E-state index in [4.69, 9.17) is 14.2 Å². The van der Waals surface area contributed by atoms with Gasteiger partial charge >= 0.3 is 21.1 Å². The SMILES string of the molecule is CCOc1cc(C)c(-c2cnn(-c3[c-]c(Oc4[c-]c5c(cc4)c4ccccc4n5-c4cc(OC)ccn4)ccc3)c2)c(C)c1.[Pt+2]. The third kappa shape index (κ3) is 5.72.